The number of quaternary nitrogens is 1. The van der Waals surface area contributed by atoms with Gasteiger partial charge in [0.25, 0.3) is 0 Å². The fraction of sp³-hybridized carbons (Fsp3) is 0.909. The van der Waals surface area contributed by atoms with Gasteiger partial charge in [-0.1, -0.05) is 77.6 Å². The minimum Gasteiger partial charge on any atom is -0.548 e. The Bertz CT molecular complexity index is 438. The molecule has 0 bridgehead atoms. The average molecular weight is 416 g/mol. The van der Waals surface area contributed by atoms with Crippen molar-refractivity contribution in [3.63, 3.8) is 0 Å². The highest BCUT2D eigenvalue weighted by atomic mass is 16.4. The standard InChI is InChI=1S/C22H45N3O4/c1-5-6-7-8-9-10-11-12-13-14-15-16-17-23-22(29)24-20(21(27)28)19(26)18-25(2,3)4/h19-20,26H,5-18H2,1-4H3,(H2-,23,24,27,28,29)/t19-,20-/m0/s1. The summed E-state index contributed by atoms with van der Waals surface area (Å²) < 4.78 is 0.382. The first-order chi connectivity index (χ1) is 13.7. The Morgan fingerprint density at radius 3 is 1.72 bits per heavy atom. The Kier molecular flexibility index (Phi) is 15.7. The van der Waals surface area contributed by atoms with Gasteiger partial charge in [-0.15, -0.1) is 0 Å². The van der Waals surface area contributed by atoms with Crippen molar-refractivity contribution in [2.75, 3.05) is 34.2 Å². The van der Waals surface area contributed by atoms with Crippen LogP contribution in [0.2, 0.25) is 0 Å². The minimum absolute atomic E-state index is 0.192. The van der Waals surface area contributed by atoms with Crippen LogP contribution in [-0.2, 0) is 4.79 Å². The molecule has 0 fully saturated rings. The van der Waals surface area contributed by atoms with Crippen molar-refractivity contribution >= 4 is 12.0 Å². The number of carbonyl (C=O) groups is 2. The molecule has 0 aromatic carbocycles. The highest BCUT2D eigenvalue weighted by Crippen LogP contribution is 2.11. The number of aliphatic carboxylic acids is 1. The number of unbranched alkanes of at least 4 members (excludes halogenated alkanes) is 11. The molecule has 0 rings (SSSR count). The van der Waals surface area contributed by atoms with Crippen molar-refractivity contribution < 1.29 is 24.3 Å². The number of carboxylic acid groups (broad SMARTS) is 1. The minimum atomic E-state index is -1.48. The molecule has 0 aromatic heterocycles. The molecule has 172 valence electrons. The molecule has 0 unspecified atom stereocenters. The largest absolute Gasteiger partial charge is 0.548 e. The van der Waals surface area contributed by atoms with Gasteiger partial charge in [0.05, 0.1) is 27.1 Å². The number of likely N-dealkylation sites (N-methyl/N-ethyl adjacent to an activating group) is 1. The molecule has 0 radical (unpaired) electrons. The molecule has 0 spiro atoms. The van der Waals surface area contributed by atoms with Gasteiger partial charge in [-0.3, -0.25) is 0 Å². The molecule has 2 amide bonds. The van der Waals surface area contributed by atoms with Crippen LogP contribution in [0.3, 0.4) is 0 Å². The van der Waals surface area contributed by atoms with Crippen molar-refractivity contribution in [1.29, 1.82) is 0 Å². The predicted molar refractivity (Wildman–Crippen MR) is 115 cm³/mol. The van der Waals surface area contributed by atoms with E-state index in [2.05, 4.69) is 17.6 Å². The highest BCUT2D eigenvalue weighted by molar-refractivity contribution is 5.81. The molecule has 2 atom stereocenters. The van der Waals surface area contributed by atoms with Gasteiger partial charge in [0.15, 0.2) is 0 Å². The molecule has 0 heterocycles. The van der Waals surface area contributed by atoms with Crippen LogP contribution in [0, 0.1) is 0 Å². The summed E-state index contributed by atoms with van der Waals surface area (Å²) in [5.41, 5.74) is 0. The van der Waals surface area contributed by atoms with E-state index in [9.17, 15) is 19.8 Å². The number of nitrogens with zero attached hydrogens (tertiary/aromatic N) is 1. The number of hydrogen-bond donors (Lipinski definition) is 3. The summed E-state index contributed by atoms with van der Waals surface area (Å²) in [4.78, 5) is 23.1. The van der Waals surface area contributed by atoms with Gasteiger partial charge in [-0.05, 0) is 6.42 Å². The number of amides is 2. The molecule has 0 aliphatic heterocycles. The zero-order valence-corrected chi connectivity index (χ0v) is 19.2. The van der Waals surface area contributed by atoms with E-state index in [-0.39, 0.29) is 6.54 Å². The van der Waals surface area contributed by atoms with E-state index in [0.717, 1.165) is 19.3 Å². The van der Waals surface area contributed by atoms with Crippen LogP contribution in [0.1, 0.15) is 84.0 Å². The first kappa shape index (κ1) is 27.7. The second-order valence-corrected chi connectivity index (χ2v) is 9.13. The molecule has 0 aliphatic carbocycles. The maximum atomic E-state index is 11.9. The molecule has 7 nitrogen and oxygen atoms in total. The van der Waals surface area contributed by atoms with Crippen LogP contribution in [-0.4, -0.2) is 68.0 Å². The number of nitrogens with one attached hydrogen (secondary N) is 2. The van der Waals surface area contributed by atoms with Crippen LogP contribution >= 0.6 is 0 Å². The number of carbonyl (C=O) groups excluding carboxylic acids is 2. The van der Waals surface area contributed by atoms with Crippen molar-refractivity contribution in [1.82, 2.24) is 10.6 Å². The monoisotopic (exact) mass is 415 g/mol. The summed E-state index contributed by atoms with van der Waals surface area (Å²) in [6.07, 6.45) is 13.8. The van der Waals surface area contributed by atoms with E-state index in [4.69, 9.17) is 0 Å². The van der Waals surface area contributed by atoms with E-state index < -0.39 is 24.1 Å². The van der Waals surface area contributed by atoms with E-state index in [1.165, 1.54) is 57.8 Å². The topological polar surface area (TPSA) is 101 Å². The van der Waals surface area contributed by atoms with Crippen molar-refractivity contribution in [3.8, 4) is 0 Å². The Morgan fingerprint density at radius 2 is 1.31 bits per heavy atom. The van der Waals surface area contributed by atoms with Crippen LogP contribution in [0.4, 0.5) is 4.79 Å². The van der Waals surface area contributed by atoms with Crippen molar-refractivity contribution in [3.05, 3.63) is 0 Å². The zero-order chi connectivity index (χ0) is 22.1. The molecular weight excluding hydrogens is 370 g/mol. The van der Waals surface area contributed by atoms with Crippen molar-refractivity contribution in [2.24, 2.45) is 0 Å². The average Bonchev–Trinajstić information content (AvgIpc) is 2.61. The number of hydrogen-bond acceptors (Lipinski definition) is 4. The van der Waals surface area contributed by atoms with E-state index in [1.54, 1.807) is 0 Å². The molecule has 0 aromatic rings. The lowest BCUT2D eigenvalue weighted by Gasteiger charge is -2.31. The maximum Gasteiger partial charge on any atom is 0.315 e. The van der Waals surface area contributed by atoms with Gasteiger partial charge in [0.1, 0.15) is 18.7 Å². The zero-order valence-electron chi connectivity index (χ0n) is 19.2. The maximum absolute atomic E-state index is 11.9. The second-order valence-electron chi connectivity index (χ2n) is 9.13. The van der Waals surface area contributed by atoms with Crippen molar-refractivity contribution in [2.45, 2.75) is 96.1 Å². The van der Waals surface area contributed by atoms with Crippen LogP contribution < -0.4 is 15.7 Å². The third-order valence-corrected chi connectivity index (χ3v) is 4.98. The van der Waals surface area contributed by atoms with E-state index >= 15 is 0 Å². The Morgan fingerprint density at radius 1 is 0.862 bits per heavy atom. The summed E-state index contributed by atoms with van der Waals surface area (Å²) in [5.74, 6) is -1.48. The fourth-order valence-electron chi connectivity index (χ4n) is 3.34. The van der Waals surface area contributed by atoms with Gasteiger partial charge < -0.3 is 30.1 Å². The third-order valence-electron chi connectivity index (χ3n) is 4.98. The molecule has 0 saturated heterocycles. The van der Waals surface area contributed by atoms with Crippen LogP contribution in [0.25, 0.3) is 0 Å². The second kappa shape index (κ2) is 16.5. The normalized spacial score (nSPS) is 13.7. The SMILES string of the molecule is CCCCCCCCCCCCCCNC(=O)N[C@H](C(=O)[O-])[C@@H](O)C[N+](C)(C)C. The first-order valence-electron chi connectivity index (χ1n) is 11.4. The van der Waals surface area contributed by atoms with Crippen LogP contribution in [0.15, 0.2) is 0 Å². The number of aliphatic hydroxyl groups is 1. The lowest BCUT2D eigenvalue weighted by molar-refractivity contribution is -0.873. The molecule has 3 N–H and O–H groups in total. The smallest absolute Gasteiger partial charge is 0.315 e. The lowest BCUT2D eigenvalue weighted by atomic mass is 10.1. The molecular formula is C22H45N3O4. The molecule has 0 saturated carbocycles. The lowest BCUT2D eigenvalue weighted by Crippen LogP contribution is -2.60. The molecule has 0 aliphatic rings. The number of carboxylic acids is 1. The highest BCUT2D eigenvalue weighted by Gasteiger charge is 2.27. The summed E-state index contributed by atoms with van der Waals surface area (Å²) >= 11 is 0. The fourth-order valence-corrected chi connectivity index (χ4v) is 3.34. The van der Waals surface area contributed by atoms with Gasteiger partial charge in [-0.25, -0.2) is 4.79 Å². The Balaban J connectivity index is 3.73. The van der Waals surface area contributed by atoms with Gasteiger partial charge in [-0.2, -0.15) is 0 Å². The predicted octanol–water partition coefficient (Wildman–Crippen LogP) is 2.17. The number of aliphatic hydroxyl groups excluding tert-OH is 1. The number of urea groups is 1. The summed E-state index contributed by atoms with van der Waals surface area (Å²) in [7, 11) is 5.51. The Hall–Kier alpha value is -1.34. The molecule has 29 heavy (non-hydrogen) atoms. The summed E-state index contributed by atoms with van der Waals surface area (Å²) in [6.45, 7) is 2.93. The Labute approximate surface area is 177 Å². The summed E-state index contributed by atoms with van der Waals surface area (Å²) in [5, 5.41) is 26.3. The van der Waals surface area contributed by atoms with Gasteiger partial charge >= 0.3 is 6.03 Å². The quantitative estimate of drug-likeness (QED) is 0.236. The van der Waals surface area contributed by atoms with E-state index in [0.29, 0.717) is 11.0 Å². The molecule has 7 heteroatoms. The van der Waals surface area contributed by atoms with Crippen LogP contribution in [0.5, 0.6) is 0 Å². The van der Waals surface area contributed by atoms with Gasteiger partial charge in [0, 0.05) is 6.54 Å². The van der Waals surface area contributed by atoms with E-state index in [1.807, 2.05) is 21.1 Å². The first-order valence-corrected chi connectivity index (χ1v) is 11.4. The van der Waals surface area contributed by atoms with Gasteiger partial charge in [0.2, 0.25) is 0 Å². The summed E-state index contributed by atoms with van der Waals surface area (Å²) in [6, 6.07) is -2.00. The number of rotatable bonds is 18. The third kappa shape index (κ3) is 17.2.